The molecule has 1 aromatic heterocycles. The molecule has 2 rings (SSSR count). The number of sulfonamides is 1. The number of nitrogens with zero attached hydrogens (tertiary/aromatic N) is 1. The number of nitrogens with one attached hydrogen (secondary N) is 1. The second kappa shape index (κ2) is 4.87. The van der Waals surface area contributed by atoms with Gasteiger partial charge in [0.05, 0.1) is 17.3 Å². The van der Waals surface area contributed by atoms with E-state index in [2.05, 4.69) is 9.71 Å². The predicted molar refractivity (Wildman–Crippen MR) is 62.0 cm³/mol. The van der Waals surface area contributed by atoms with E-state index in [1.165, 1.54) is 24.8 Å². The molecule has 0 amide bonds. The molecule has 0 fully saturated rings. The first-order valence-corrected chi connectivity index (χ1v) is 6.57. The van der Waals surface area contributed by atoms with E-state index in [1.54, 1.807) is 12.1 Å². The molecule has 1 heterocycles. The number of oxazole rings is 1. The highest BCUT2D eigenvalue weighted by Gasteiger charge is 2.17. The minimum Gasteiger partial charge on any atom is -0.451 e. The fourth-order valence-corrected chi connectivity index (χ4v) is 2.75. The van der Waals surface area contributed by atoms with Crippen molar-refractivity contribution in [3.8, 4) is 0 Å². The third-order valence-corrected chi connectivity index (χ3v) is 3.95. The lowest BCUT2D eigenvalue weighted by Crippen LogP contribution is -2.23. The summed E-state index contributed by atoms with van der Waals surface area (Å²) < 4.78 is 30.9. The van der Waals surface area contributed by atoms with Gasteiger partial charge in [0.1, 0.15) is 11.2 Å². The lowest BCUT2D eigenvalue weighted by Gasteiger charge is -2.06. The van der Waals surface area contributed by atoms with Crippen LogP contribution in [0.3, 0.4) is 0 Å². The lowest BCUT2D eigenvalue weighted by molar-refractivity contribution is 0.555. The Labute approximate surface area is 103 Å². The van der Waals surface area contributed by atoms with Gasteiger partial charge in [-0.1, -0.05) is 23.7 Å². The number of benzene rings is 1. The van der Waals surface area contributed by atoms with Crippen LogP contribution in [0.2, 0.25) is 5.02 Å². The van der Waals surface area contributed by atoms with Gasteiger partial charge >= 0.3 is 0 Å². The maximum absolute atomic E-state index is 11.9. The Morgan fingerprint density at radius 1 is 1.35 bits per heavy atom. The van der Waals surface area contributed by atoms with Gasteiger partial charge in [0.25, 0.3) is 0 Å². The van der Waals surface area contributed by atoms with Crippen molar-refractivity contribution >= 4 is 21.6 Å². The molecule has 0 saturated heterocycles. The van der Waals surface area contributed by atoms with E-state index in [0.29, 0.717) is 5.69 Å². The van der Waals surface area contributed by atoms with Gasteiger partial charge in [-0.2, -0.15) is 0 Å². The molecule has 0 aliphatic carbocycles. The third-order valence-electron chi connectivity index (χ3n) is 2.05. The van der Waals surface area contributed by atoms with Crippen molar-refractivity contribution in [3.05, 3.63) is 47.6 Å². The molecule has 0 bridgehead atoms. The van der Waals surface area contributed by atoms with Crippen LogP contribution in [-0.4, -0.2) is 13.4 Å². The zero-order chi connectivity index (χ0) is 12.3. The molecule has 5 nitrogen and oxygen atoms in total. The molecule has 0 atom stereocenters. The first-order chi connectivity index (χ1) is 8.09. The smallest absolute Gasteiger partial charge is 0.242 e. The second-order valence-corrected chi connectivity index (χ2v) is 5.38. The van der Waals surface area contributed by atoms with E-state index >= 15 is 0 Å². The van der Waals surface area contributed by atoms with Gasteiger partial charge in [0, 0.05) is 0 Å². The van der Waals surface area contributed by atoms with E-state index in [0.717, 1.165) is 0 Å². The van der Waals surface area contributed by atoms with Crippen molar-refractivity contribution in [2.24, 2.45) is 0 Å². The highest BCUT2D eigenvalue weighted by atomic mass is 35.5. The third kappa shape index (κ3) is 2.85. The minimum absolute atomic E-state index is 0.0464. The van der Waals surface area contributed by atoms with Crippen molar-refractivity contribution in [2.75, 3.05) is 0 Å². The fraction of sp³-hybridized carbons (Fsp3) is 0.100. The average Bonchev–Trinajstić information content (AvgIpc) is 2.80. The highest BCUT2D eigenvalue weighted by molar-refractivity contribution is 7.89. The molecule has 0 unspecified atom stereocenters. The standard InChI is InChI=1S/C10H9ClN2O3S/c11-9-3-1-2-4-10(9)17(14,15)13-5-8-6-16-7-12-8/h1-4,6-7,13H,5H2. The Hall–Kier alpha value is -1.37. The highest BCUT2D eigenvalue weighted by Crippen LogP contribution is 2.20. The molecule has 1 aromatic carbocycles. The summed E-state index contributed by atoms with van der Waals surface area (Å²) in [6, 6.07) is 6.23. The normalized spacial score (nSPS) is 11.6. The molecular weight excluding hydrogens is 264 g/mol. The van der Waals surface area contributed by atoms with Crippen LogP contribution in [0.4, 0.5) is 0 Å². The van der Waals surface area contributed by atoms with Crippen LogP contribution in [0.5, 0.6) is 0 Å². The predicted octanol–water partition coefficient (Wildman–Crippen LogP) is 1.81. The number of halogens is 1. The van der Waals surface area contributed by atoms with Crippen LogP contribution in [0.15, 0.2) is 46.2 Å². The first-order valence-electron chi connectivity index (χ1n) is 4.71. The molecule has 2 aromatic rings. The zero-order valence-electron chi connectivity index (χ0n) is 8.63. The van der Waals surface area contributed by atoms with Crippen LogP contribution in [0.25, 0.3) is 0 Å². The number of rotatable bonds is 4. The second-order valence-electron chi connectivity index (χ2n) is 3.23. The Balaban J connectivity index is 2.17. The number of aromatic nitrogens is 1. The Bertz CT molecular complexity index is 596. The minimum atomic E-state index is -3.63. The van der Waals surface area contributed by atoms with E-state index in [1.807, 2.05) is 0 Å². The SMILES string of the molecule is O=S(=O)(NCc1cocn1)c1ccccc1Cl. The summed E-state index contributed by atoms with van der Waals surface area (Å²) in [6.07, 6.45) is 2.61. The summed E-state index contributed by atoms with van der Waals surface area (Å²) in [5, 5.41) is 0.181. The Morgan fingerprint density at radius 3 is 2.76 bits per heavy atom. The molecule has 0 saturated carbocycles. The summed E-state index contributed by atoms with van der Waals surface area (Å²) in [5.74, 6) is 0. The summed E-state index contributed by atoms with van der Waals surface area (Å²) in [7, 11) is -3.63. The summed E-state index contributed by atoms with van der Waals surface area (Å²) in [6.45, 7) is 0.0596. The molecule has 0 aliphatic heterocycles. The van der Waals surface area contributed by atoms with Crippen molar-refractivity contribution in [2.45, 2.75) is 11.4 Å². The zero-order valence-corrected chi connectivity index (χ0v) is 10.2. The molecule has 0 spiro atoms. The Morgan fingerprint density at radius 2 is 2.12 bits per heavy atom. The van der Waals surface area contributed by atoms with Gasteiger partial charge in [-0.3, -0.25) is 0 Å². The van der Waals surface area contributed by atoms with Gasteiger partial charge in [0.15, 0.2) is 6.39 Å². The largest absolute Gasteiger partial charge is 0.451 e. The van der Waals surface area contributed by atoms with Crippen molar-refractivity contribution < 1.29 is 12.8 Å². The Kier molecular flexibility index (Phi) is 3.46. The van der Waals surface area contributed by atoms with Gasteiger partial charge in [-0.05, 0) is 12.1 Å². The number of hydrogen-bond donors (Lipinski definition) is 1. The van der Waals surface area contributed by atoms with Gasteiger partial charge in [-0.15, -0.1) is 0 Å². The summed E-state index contributed by atoms with van der Waals surface area (Å²) >= 11 is 5.82. The summed E-state index contributed by atoms with van der Waals surface area (Å²) in [4.78, 5) is 3.86. The van der Waals surface area contributed by atoms with E-state index in [9.17, 15) is 8.42 Å². The monoisotopic (exact) mass is 272 g/mol. The van der Waals surface area contributed by atoms with Crippen molar-refractivity contribution in [3.63, 3.8) is 0 Å². The quantitative estimate of drug-likeness (QED) is 0.921. The van der Waals surface area contributed by atoms with E-state index < -0.39 is 10.0 Å². The van der Waals surface area contributed by atoms with Crippen molar-refractivity contribution in [1.29, 1.82) is 0 Å². The molecule has 0 aliphatic rings. The van der Waals surface area contributed by atoms with Gasteiger partial charge in [-0.25, -0.2) is 18.1 Å². The first kappa shape index (κ1) is 12.1. The van der Waals surface area contributed by atoms with Crippen molar-refractivity contribution in [1.82, 2.24) is 9.71 Å². The molecule has 90 valence electrons. The summed E-state index contributed by atoms with van der Waals surface area (Å²) in [5.41, 5.74) is 0.501. The van der Waals surface area contributed by atoms with Gasteiger partial charge in [0.2, 0.25) is 10.0 Å². The van der Waals surface area contributed by atoms with Crippen LogP contribution in [-0.2, 0) is 16.6 Å². The van der Waals surface area contributed by atoms with Crippen LogP contribution in [0.1, 0.15) is 5.69 Å². The maximum atomic E-state index is 11.9. The van der Waals surface area contributed by atoms with Gasteiger partial charge < -0.3 is 4.42 Å². The fourth-order valence-electron chi connectivity index (χ4n) is 1.23. The van der Waals surface area contributed by atoms with Crippen LogP contribution >= 0.6 is 11.6 Å². The average molecular weight is 273 g/mol. The molecule has 0 radical (unpaired) electrons. The molecule has 1 N–H and O–H groups in total. The maximum Gasteiger partial charge on any atom is 0.242 e. The van der Waals surface area contributed by atoms with E-state index in [-0.39, 0.29) is 16.5 Å². The molecule has 7 heteroatoms. The van der Waals surface area contributed by atoms with E-state index in [4.69, 9.17) is 16.0 Å². The topological polar surface area (TPSA) is 72.2 Å². The lowest BCUT2D eigenvalue weighted by atomic mass is 10.4. The van der Waals surface area contributed by atoms with Crippen LogP contribution < -0.4 is 4.72 Å². The number of hydrogen-bond acceptors (Lipinski definition) is 4. The molecular formula is C10H9ClN2O3S. The van der Waals surface area contributed by atoms with Crippen LogP contribution in [0, 0.1) is 0 Å². The molecule has 17 heavy (non-hydrogen) atoms.